The predicted octanol–water partition coefficient (Wildman–Crippen LogP) is 5.23. The highest BCUT2D eigenvalue weighted by Crippen LogP contribution is 2.25. The predicted molar refractivity (Wildman–Crippen MR) is 110 cm³/mol. The molecule has 0 fully saturated rings. The summed E-state index contributed by atoms with van der Waals surface area (Å²) in [5.41, 5.74) is 2.68. The van der Waals surface area contributed by atoms with E-state index in [1.807, 2.05) is 12.1 Å². The second-order valence-electron chi connectivity index (χ2n) is 6.05. The zero-order valence-electron chi connectivity index (χ0n) is 14.7. The van der Waals surface area contributed by atoms with Gasteiger partial charge >= 0.3 is 5.97 Å². The molecule has 1 heterocycles. The van der Waals surface area contributed by atoms with E-state index in [1.54, 1.807) is 53.4 Å². The highest BCUT2D eigenvalue weighted by molar-refractivity contribution is 6.31. The summed E-state index contributed by atoms with van der Waals surface area (Å²) in [4.78, 5) is 23.2. The minimum absolute atomic E-state index is 0.0470. The fraction of sp³-hybridized carbons (Fsp3) is 0.0952. The van der Waals surface area contributed by atoms with Gasteiger partial charge in [-0.1, -0.05) is 35.3 Å². The fourth-order valence-electron chi connectivity index (χ4n) is 2.59. The lowest BCUT2D eigenvalue weighted by Crippen LogP contribution is -2.04. The molecule has 0 atom stereocenters. The molecule has 1 N–H and O–H groups in total. The van der Waals surface area contributed by atoms with E-state index < -0.39 is 5.97 Å². The van der Waals surface area contributed by atoms with Crippen LogP contribution in [0.25, 0.3) is 17.3 Å². The standard InChI is InChI=1S/C21H16Cl2N2O3/c22-17-6-1-14(2-7-17)19(26)10-5-16-13-25(12-11-20(27)28)24-21(16)15-3-8-18(23)9-4-15/h1-10,13H,11-12H2,(H,27,28)/b10-5+. The largest absolute Gasteiger partial charge is 0.481 e. The Morgan fingerprint density at radius 1 is 1.00 bits per heavy atom. The van der Waals surface area contributed by atoms with E-state index in [2.05, 4.69) is 5.10 Å². The van der Waals surface area contributed by atoms with Gasteiger partial charge in [-0.05, 0) is 48.6 Å². The van der Waals surface area contributed by atoms with Crippen LogP contribution in [0.15, 0.2) is 60.8 Å². The molecule has 3 rings (SSSR count). The highest BCUT2D eigenvalue weighted by Gasteiger charge is 2.11. The summed E-state index contributed by atoms with van der Waals surface area (Å²) in [5.74, 6) is -1.07. The molecule has 0 aliphatic rings. The van der Waals surface area contributed by atoms with Gasteiger partial charge in [0.2, 0.25) is 0 Å². The van der Waals surface area contributed by atoms with Crippen LogP contribution >= 0.6 is 23.2 Å². The van der Waals surface area contributed by atoms with Crippen molar-refractivity contribution >= 4 is 41.0 Å². The van der Waals surface area contributed by atoms with Gasteiger partial charge in [-0.3, -0.25) is 14.3 Å². The molecule has 0 unspecified atom stereocenters. The van der Waals surface area contributed by atoms with Crippen LogP contribution < -0.4 is 0 Å². The Morgan fingerprint density at radius 2 is 1.61 bits per heavy atom. The molecule has 0 saturated heterocycles. The number of hydrogen-bond donors (Lipinski definition) is 1. The Bertz CT molecular complexity index is 1020. The minimum Gasteiger partial charge on any atom is -0.481 e. The lowest BCUT2D eigenvalue weighted by atomic mass is 10.1. The molecule has 0 aliphatic carbocycles. The van der Waals surface area contributed by atoms with Gasteiger partial charge < -0.3 is 5.11 Å². The molecule has 0 amide bonds. The highest BCUT2D eigenvalue weighted by atomic mass is 35.5. The first-order valence-corrected chi connectivity index (χ1v) is 9.21. The van der Waals surface area contributed by atoms with Crippen molar-refractivity contribution in [1.82, 2.24) is 9.78 Å². The molecule has 0 saturated carbocycles. The summed E-state index contributed by atoms with van der Waals surface area (Å²) >= 11 is 11.8. The van der Waals surface area contributed by atoms with E-state index in [-0.39, 0.29) is 18.7 Å². The van der Waals surface area contributed by atoms with Gasteiger partial charge in [-0.25, -0.2) is 0 Å². The molecular formula is C21H16Cl2N2O3. The molecule has 3 aromatic rings. The van der Waals surface area contributed by atoms with Crippen molar-refractivity contribution in [3.05, 3.63) is 82.0 Å². The second kappa shape index (κ2) is 8.87. The zero-order valence-corrected chi connectivity index (χ0v) is 16.2. The lowest BCUT2D eigenvalue weighted by molar-refractivity contribution is -0.137. The Labute approximate surface area is 171 Å². The van der Waals surface area contributed by atoms with Gasteiger partial charge in [-0.2, -0.15) is 5.10 Å². The average molecular weight is 415 g/mol. The Kier molecular flexibility index (Phi) is 6.29. The maximum absolute atomic E-state index is 12.4. The number of carbonyl (C=O) groups excluding carboxylic acids is 1. The Morgan fingerprint density at radius 3 is 2.21 bits per heavy atom. The SMILES string of the molecule is O=C(O)CCn1cc(/C=C/C(=O)c2ccc(Cl)cc2)c(-c2ccc(Cl)cc2)n1. The second-order valence-corrected chi connectivity index (χ2v) is 6.92. The third-order valence-corrected chi connectivity index (χ3v) is 4.51. The first kappa shape index (κ1) is 19.9. The summed E-state index contributed by atoms with van der Waals surface area (Å²) in [5, 5.41) is 14.5. The van der Waals surface area contributed by atoms with Crippen molar-refractivity contribution < 1.29 is 14.7 Å². The molecule has 28 heavy (non-hydrogen) atoms. The summed E-state index contributed by atoms with van der Waals surface area (Å²) in [6.45, 7) is 0.231. The van der Waals surface area contributed by atoms with Crippen molar-refractivity contribution in [2.45, 2.75) is 13.0 Å². The molecular weight excluding hydrogens is 399 g/mol. The minimum atomic E-state index is -0.904. The molecule has 0 bridgehead atoms. The number of aryl methyl sites for hydroxylation is 1. The van der Waals surface area contributed by atoms with E-state index in [0.717, 1.165) is 5.56 Å². The molecule has 0 spiro atoms. The van der Waals surface area contributed by atoms with Gasteiger partial charge in [-0.15, -0.1) is 0 Å². The molecule has 0 radical (unpaired) electrons. The maximum Gasteiger partial charge on any atom is 0.305 e. The van der Waals surface area contributed by atoms with Crippen LogP contribution in [0, 0.1) is 0 Å². The number of aromatic nitrogens is 2. The van der Waals surface area contributed by atoms with E-state index >= 15 is 0 Å². The van der Waals surface area contributed by atoms with Crippen LogP contribution in [-0.2, 0) is 11.3 Å². The first-order chi connectivity index (χ1) is 13.4. The van der Waals surface area contributed by atoms with Crippen molar-refractivity contribution in [2.24, 2.45) is 0 Å². The molecule has 5 nitrogen and oxygen atoms in total. The first-order valence-electron chi connectivity index (χ1n) is 8.45. The van der Waals surface area contributed by atoms with Crippen molar-refractivity contribution in [3.63, 3.8) is 0 Å². The van der Waals surface area contributed by atoms with Gasteiger partial charge in [0.1, 0.15) is 0 Å². The normalized spacial score (nSPS) is 11.1. The summed E-state index contributed by atoms with van der Waals surface area (Å²) < 4.78 is 1.56. The van der Waals surface area contributed by atoms with Crippen LogP contribution in [0.5, 0.6) is 0 Å². The number of aliphatic carboxylic acids is 1. The van der Waals surface area contributed by atoms with Crippen LogP contribution in [-0.4, -0.2) is 26.6 Å². The molecule has 1 aromatic heterocycles. The van der Waals surface area contributed by atoms with Gasteiger partial charge in [0.05, 0.1) is 18.7 Å². The average Bonchev–Trinajstić information content (AvgIpc) is 3.09. The Hall–Kier alpha value is -2.89. The van der Waals surface area contributed by atoms with Gasteiger partial charge in [0.15, 0.2) is 5.78 Å². The number of halogens is 2. The number of carboxylic acid groups (broad SMARTS) is 1. The number of carboxylic acids is 1. The molecule has 142 valence electrons. The summed E-state index contributed by atoms with van der Waals surface area (Å²) in [6, 6.07) is 13.8. The van der Waals surface area contributed by atoms with E-state index in [1.165, 1.54) is 6.08 Å². The van der Waals surface area contributed by atoms with Crippen LogP contribution in [0.2, 0.25) is 10.0 Å². The quantitative estimate of drug-likeness (QED) is 0.424. The molecule has 0 aliphatic heterocycles. The van der Waals surface area contributed by atoms with E-state index in [4.69, 9.17) is 28.3 Å². The van der Waals surface area contributed by atoms with Gasteiger partial charge in [0, 0.05) is 32.9 Å². The maximum atomic E-state index is 12.4. The Balaban J connectivity index is 1.90. The number of ketones is 1. The molecule has 2 aromatic carbocycles. The zero-order chi connectivity index (χ0) is 20.1. The smallest absolute Gasteiger partial charge is 0.305 e. The fourth-order valence-corrected chi connectivity index (χ4v) is 2.84. The summed E-state index contributed by atoms with van der Waals surface area (Å²) in [6.07, 6.45) is 4.81. The number of benzene rings is 2. The van der Waals surface area contributed by atoms with Crippen molar-refractivity contribution in [3.8, 4) is 11.3 Å². The number of carbonyl (C=O) groups is 2. The van der Waals surface area contributed by atoms with E-state index in [9.17, 15) is 9.59 Å². The van der Waals surface area contributed by atoms with E-state index in [0.29, 0.717) is 26.9 Å². The van der Waals surface area contributed by atoms with Crippen LogP contribution in [0.3, 0.4) is 0 Å². The number of nitrogens with zero attached hydrogens (tertiary/aromatic N) is 2. The topological polar surface area (TPSA) is 72.2 Å². The van der Waals surface area contributed by atoms with Crippen molar-refractivity contribution in [1.29, 1.82) is 0 Å². The molecule has 7 heteroatoms. The van der Waals surface area contributed by atoms with Crippen molar-refractivity contribution in [2.75, 3.05) is 0 Å². The number of allylic oxidation sites excluding steroid dienone is 1. The monoisotopic (exact) mass is 414 g/mol. The third kappa shape index (κ3) is 5.09. The number of rotatable bonds is 7. The van der Waals surface area contributed by atoms with Gasteiger partial charge in [0.25, 0.3) is 0 Å². The van der Waals surface area contributed by atoms with Crippen LogP contribution in [0.1, 0.15) is 22.3 Å². The third-order valence-electron chi connectivity index (χ3n) is 4.01. The number of hydrogen-bond acceptors (Lipinski definition) is 3. The summed E-state index contributed by atoms with van der Waals surface area (Å²) in [7, 11) is 0. The lowest BCUT2D eigenvalue weighted by Gasteiger charge is -2.00. The van der Waals surface area contributed by atoms with Crippen LogP contribution in [0.4, 0.5) is 0 Å².